The topological polar surface area (TPSA) is 80.6 Å². The lowest BCUT2D eigenvalue weighted by atomic mass is 10.3. The summed E-state index contributed by atoms with van der Waals surface area (Å²) in [6.07, 6.45) is 3.35. The second-order valence-electron chi connectivity index (χ2n) is 5.27. The Bertz CT molecular complexity index is 1170. The number of aromatic amines is 1. The van der Waals surface area contributed by atoms with Crippen molar-refractivity contribution in [2.75, 3.05) is 0 Å². The molecule has 9 heteroatoms. The number of halogens is 2. The number of hydrogen-bond donors (Lipinski definition) is 1. The monoisotopic (exact) mass is 392 g/mol. The highest BCUT2D eigenvalue weighted by atomic mass is 35.5. The Kier molecular flexibility index (Phi) is 3.79. The molecule has 0 saturated heterocycles. The van der Waals surface area contributed by atoms with Crippen molar-refractivity contribution in [3.8, 4) is 5.95 Å². The van der Waals surface area contributed by atoms with Crippen LogP contribution < -0.4 is 0 Å². The van der Waals surface area contributed by atoms with Crippen molar-refractivity contribution in [1.29, 1.82) is 0 Å². The van der Waals surface area contributed by atoms with Gasteiger partial charge in [-0.15, -0.1) is 0 Å². The first-order valence-electron chi connectivity index (χ1n) is 7.15. The molecule has 0 fully saturated rings. The number of imidazole rings is 1. The van der Waals surface area contributed by atoms with Crippen LogP contribution in [0.2, 0.25) is 10.0 Å². The number of sulfone groups is 1. The van der Waals surface area contributed by atoms with Gasteiger partial charge in [-0.2, -0.15) is 5.10 Å². The molecule has 0 radical (unpaired) electrons. The van der Waals surface area contributed by atoms with E-state index in [1.807, 2.05) is 0 Å². The van der Waals surface area contributed by atoms with Gasteiger partial charge in [-0.05, 0) is 42.5 Å². The standard InChI is InChI=1S/C16H10Cl2N4O2S/c17-10-2-4-11(5-3-10)25(23,24)15-9-14-13(8-12(15)18)20-16(21-14)22-7-1-6-19-22/h1-9H,(H,20,21). The van der Waals surface area contributed by atoms with E-state index in [0.717, 1.165) is 0 Å². The Morgan fingerprint density at radius 2 is 1.84 bits per heavy atom. The second-order valence-corrected chi connectivity index (χ2v) is 8.03. The van der Waals surface area contributed by atoms with Crippen LogP contribution in [0.1, 0.15) is 0 Å². The van der Waals surface area contributed by atoms with Gasteiger partial charge in [0.05, 0.1) is 25.8 Å². The Morgan fingerprint density at radius 3 is 2.52 bits per heavy atom. The Labute approximate surface area is 152 Å². The van der Waals surface area contributed by atoms with Crippen LogP contribution >= 0.6 is 23.2 Å². The summed E-state index contributed by atoms with van der Waals surface area (Å²) < 4.78 is 27.3. The molecule has 25 heavy (non-hydrogen) atoms. The largest absolute Gasteiger partial charge is 0.322 e. The van der Waals surface area contributed by atoms with E-state index in [2.05, 4.69) is 15.1 Å². The molecule has 1 N–H and O–H groups in total. The van der Waals surface area contributed by atoms with Crippen LogP contribution in [0.3, 0.4) is 0 Å². The SMILES string of the molecule is O=S(=O)(c1ccc(Cl)cc1)c1cc2[nH]c(-n3cccn3)nc2cc1Cl. The molecule has 4 aromatic rings. The normalized spacial score (nSPS) is 11.9. The minimum atomic E-state index is -3.78. The quantitative estimate of drug-likeness (QED) is 0.573. The molecule has 2 aromatic carbocycles. The summed E-state index contributed by atoms with van der Waals surface area (Å²) in [6, 6.07) is 10.7. The highest BCUT2D eigenvalue weighted by Gasteiger charge is 2.22. The summed E-state index contributed by atoms with van der Waals surface area (Å²) in [6.45, 7) is 0. The van der Waals surface area contributed by atoms with Gasteiger partial charge in [0.1, 0.15) is 0 Å². The number of benzene rings is 2. The first-order valence-corrected chi connectivity index (χ1v) is 9.39. The number of nitrogens with one attached hydrogen (secondary N) is 1. The summed E-state index contributed by atoms with van der Waals surface area (Å²) in [5, 5.41) is 4.64. The van der Waals surface area contributed by atoms with Crippen LogP contribution in [0.15, 0.2) is 64.6 Å². The zero-order chi connectivity index (χ0) is 17.6. The average Bonchev–Trinajstić information content (AvgIpc) is 3.23. The summed E-state index contributed by atoms with van der Waals surface area (Å²) in [4.78, 5) is 7.53. The fourth-order valence-electron chi connectivity index (χ4n) is 2.45. The summed E-state index contributed by atoms with van der Waals surface area (Å²) in [7, 11) is -3.78. The molecule has 0 amide bonds. The maximum atomic E-state index is 12.9. The molecular weight excluding hydrogens is 383 g/mol. The third-order valence-electron chi connectivity index (χ3n) is 3.66. The lowest BCUT2D eigenvalue weighted by Gasteiger charge is -2.07. The third-order valence-corrected chi connectivity index (χ3v) is 6.14. The van der Waals surface area contributed by atoms with Gasteiger partial charge in [0.15, 0.2) is 0 Å². The van der Waals surface area contributed by atoms with Gasteiger partial charge >= 0.3 is 0 Å². The zero-order valence-electron chi connectivity index (χ0n) is 12.5. The fourth-order valence-corrected chi connectivity index (χ4v) is 4.37. The predicted molar refractivity (Wildman–Crippen MR) is 95.1 cm³/mol. The highest BCUT2D eigenvalue weighted by molar-refractivity contribution is 7.91. The second kappa shape index (κ2) is 5.87. The summed E-state index contributed by atoms with van der Waals surface area (Å²) >= 11 is 12.0. The molecule has 0 aliphatic carbocycles. The molecule has 0 saturated carbocycles. The van der Waals surface area contributed by atoms with E-state index in [9.17, 15) is 8.42 Å². The van der Waals surface area contributed by atoms with Crippen molar-refractivity contribution < 1.29 is 8.42 Å². The van der Waals surface area contributed by atoms with E-state index < -0.39 is 9.84 Å². The molecule has 6 nitrogen and oxygen atoms in total. The van der Waals surface area contributed by atoms with E-state index in [1.54, 1.807) is 23.1 Å². The van der Waals surface area contributed by atoms with Crippen LogP contribution in [0, 0.1) is 0 Å². The summed E-state index contributed by atoms with van der Waals surface area (Å²) in [5.74, 6) is 0.470. The molecule has 4 rings (SSSR count). The van der Waals surface area contributed by atoms with Gasteiger partial charge in [-0.3, -0.25) is 0 Å². The molecule has 0 atom stereocenters. The first-order chi connectivity index (χ1) is 11.9. The number of H-pyrrole nitrogens is 1. The Balaban J connectivity index is 1.87. The van der Waals surface area contributed by atoms with Crippen LogP contribution in [-0.2, 0) is 9.84 Å². The number of aromatic nitrogens is 4. The van der Waals surface area contributed by atoms with Gasteiger partial charge in [0.2, 0.25) is 15.8 Å². The van der Waals surface area contributed by atoms with Gasteiger partial charge in [-0.25, -0.2) is 18.1 Å². The lowest BCUT2D eigenvalue weighted by molar-refractivity contribution is 0.596. The lowest BCUT2D eigenvalue weighted by Crippen LogP contribution is -2.02. The van der Waals surface area contributed by atoms with Gasteiger partial charge in [-0.1, -0.05) is 23.2 Å². The predicted octanol–water partition coefficient (Wildman–Crippen LogP) is 3.89. The van der Waals surface area contributed by atoms with Crippen molar-refractivity contribution in [2.24, 2.45) is 0 Å². The molecule has 0 aliphatic heterocycles. The molecular formula is C16H10Cl2N4O2S. The number of rotatable bonds is 3. The van der Waals surface area contributed by atoms with E-state index in [1.165, 1.54) is 36.4 Å². The van der Waals surface area contributed by atoms with Crippen molar-refractivity contribution in [3.05, 3.63) is 64.9 Å². The molecule has 2 heterocycles. The number of hydrogen-bond acceptors (Lipinski definition) is 4. The van der Waals surface area contributed by atoms with Crippen LogP contribution in [0.5, 0.6) is 0 Å². The number of nitrogens with zero attached hydrogens (tertiary/aromatic N) is 3. The molecule has 0 bridgehead atoms. The maximum absolute atomic E-state index is 12.9. The Morgan fingerprint density at radius 1 is 1.08 bits per heavy atom. The smallest absolute Gasteiger partial charge is 0.229 e. The molecule has 126 valence electrons. The Hall–Kier alpha value is -2.35. The average molecular weight is 393 g/mol. The van der Waals surface area contributed by atoms with E-state index in [4.69, 9.17) is 23.2 Å². The number of fused-ring (bicyclic) bond motifs is 1. The minimum Gasteiger partial charge on any atom is -0.322 e. The first kappa shape index (κ1) is 16.1. The van der Waals surface area contributed by atoms with Crippen molar-refractivity contribution in [3.63, 3.8) is 0 Å². The van der Waals surface area contributed by atoms with E-state index in [-0.39, 0.29) is 14.8 Å². The van der Waals surface area contributed by atoms with E-state index in [0.29, 0.717) is 22.0 Å². The summed E-state index contributed by atoms with van der Waals surface area (Å²) in [5.41, 5.74) is 1.09. The van der Waals surface area contributed by atoms with Crippen molar-refractivity contribution in [1.82, 2.24) is 19.7 Å². The van der Waals surface area contributed by atoms with Gasteiger partial charge in [0, 0.05) is 17.4 Å². The molecule has 0 unspecified atom stereocenters. The molecule has 0 aliphatic rings. The van der Waals surface area contributed by atoms with Crippen molar-refractivity contribution >= 4 is 44.1 Å². The van der Waals surface area contributed by atoms with E-state index >= 15 is 0 Å². The zero-order valence-corrected chi connectivity index (χ0v) is 14.8. The minimum absolute atomic E-state index is 0.000320. The fraction of sp³-hybridized carbons (Fsp3) is 0. The third kappa shape index (κ3) is 2.80. The van der Waals surface area contributed by atoms with Crippen LogP contribution in [0.4, 0.5) is 0 Å². The van der Waals surface area contributed by atoms with Gasteiger partial charge < -0.3 is 4.98 Å². The van der Waals surface area contributed by atoms with Crippen LogP contribution in [0.25, 0.3) is 17.0 Å². The van der Waals surface area contributed by atoms with Gasteiger partial charge in [0.25, 0.3) is 0 Å². The molecule has 0 spiro atoms. The van der Waals surface area contributed by atoms with Crippen LogP contribution in [-0.4, -0.2) is 28.2 Å². The van der Waals surface area contributed by atoms with Crippen molar-refractivity contribution in [2.45, 2.75) is 9.79 Å². The highest BCUT2D eigenvalue weighted by Crippen LogP contribution is 2.31. The maximum Gasteiger partial charge on any atom is 0.229 e. The molecule has 2 aromatic heterocycles.